The molecule has 26 heavy (non-hydrogen) atoms. The second-order valence-electron chi connectivity index (χ2n) is 5.51. The summed E-state index contributed by atoms with van der Waals surface area (Å²) in [5.41, 5.74) is 3.15. The van der Waals surface area contributed by atoms with E-state index < -0.39 is 0 Å². The van der Waals surface area contributed by atoms with Crippen molar-refractivity contribution in [2.24, 2.45) is 22.3 Å². The molecule has 1 aromatic heterocycles. The number of hydrogen-bond donors (Lipinski definition) is 0. The summed E-state index contributed by atoms with van der Waals surface area (Å²) in [7, 11) is 3.25. The smallest absolute Gasteiger partial charge is 0.349 e. The molecule has 0 aliphatic rings. The lowest BCUT2D eigenvalue weighted by molar-refractivity contribution is 0.0605. The average molecular weight is 366 g/mol. The molecule has 0 saturated heterocycles. The van der Waals surface area contributed by atoms with Crippen LogP contribution in [0.3, 0.4) is 0 Å². The van der Waals surface area contributed by atoms with E-state index in [9.17, 15) is 4.79 Å². The van der Waals surface area contributed by atoms with Gasteiger partial charge in [0.25, 0.3) is 0 Å². The Hall–Kier alpha value is -3.06. The first-order chi connectivity index (χ1) is 12.6. The van der Waals surface area contributed by atoms with Gasteiger partial charge in [-0.1, -0.05) is 29.5 Å². The van der Waals surface area contributed by atoms with Crippen LogP contribution in [0.1, 0.15) is 15.4 Å². The highest BCUT2D eigenvalue weighted by molar-refractivity contribution is 7.11. The first-order valence-corrected chi connectivity index (χ1v) is 8.76. The molecular weight excluding hydrogens is 348 g/mol. The van der Waals surface area contributed by atoms with Crippen molar-refractivity contribution >= 4 is 34.4 Å². The van der Waals surface area contributed by atoms with Crippen molar-refractivity contribution in [1.29, 1.82) is 0 Å². The van der Waals surface area contributed by atoms with Crippen LogP contribution in [0.4, 0.5) is 17.1 Å². The lowest BCUT2D eigenvalue weighted by Gasteiger charge is -1.98. The molecule has 1 heterocycles. The predicted octanol–water partition coefficient (Wildman–Crippen LogP) is 4.83. The first kappa shape index (κ1) is 17.8. The van der Waals surface area contributed by atoms with Gasteiger partial charge >= 0.3 is 5.97 Å². The fourth-order valence-electron chi connectivity index (χ4n) is 2.22. The lowest BCUT2D eigenvalue weighted by atomic mass is 10.3. The molecule has 132 valence electrons. The number of carbonyl (C=O) groups excluding carboxylic acids is 1. The molecule has 0 aliphatic carbocycles. The zero-order valence-electron chi connectivity index (χ0n) is 14.7. The van der Waals surface area contributed by atoms with E-state index in [-0.39, 0.29) is 5.97 Å². The molecule has 0 aliphatic heterocycles. The Balaban J connectivity index is 1.84. The van der Waals surface area contributed by atoms with Gasteiger partial charge in [-0.25, -0.2) is 9.79 Å². The Morgan fingerprint density at radius 2 is 1.54 bits per heavy atom. The molecule has 0 atom stereocenters. The van der Waals surface area contributed by atoms with Crippen LogP contribution < -0.4 is 4.80 Å². The maximum absolute atomic E-state index is 11.8. The maximum atomic E-state index is 11.8. The Morgan fingerprint density at radius 1 is 0.962 bits per heavy atom. The van der Waals surface area contributed by atoms with Gasteiger partial charge in [-0.15, -0.1) is 0 Å². The van der Waals surface area contributed by atoms with Gasteiger partial charge < -0.3 is 9.30 Å². The maximum Gasteiger partial charge on any atom is 0.349 e. The normalized spacial score (nSPS) is 11.9. The summed E-state index contributed by atoms with van der Waals surface area (Å²) in [6.07, 6.45) is 0. The second kappa shape index (κ2) is 7.88. The van der Waals surface area contributed by atoms with E-state index in [1.807, 2.05) is 73.1 Å². The molecule has 0 fully saturated rings. The largest absolute Gasteiger partial charge is 0.465 e. The summed E-state index contributed by atoms with van der Waals surface area (Å²) >= 11 is 1.31. The summed E-state index contributed by atoms with van der Waals surface area (Å²) < 4.78 is 6.68. The first-order valence-electron chi connectivity index (χ1n) is 7.95. The molecule has 3 aromatic rings. The highest BCUT2D eigenvalue weighted by Gasteiger charge is 2.15. The summed E-state index contributed by atoms with van der Waals surface area (Å²) in [6, 6.07) is 17.0. The zero-order valence-corrected chi connectivity index (χ0v) is 15.5. The van der Waals surface area contributed by atoms with E-state index in [2.05, 4.69) is 15.2 Å². The summed E-state index contributed by atoms with van der Waals surface area (Å²) in [6.45, 7) is 1.87. The third-order valence-corrected chi connectivity index (χ3v) is 5.01. The Labute approximate surface area is 155 Å². The third kappa shape index (κ3) is 3.94. The predicted molar refractivity (Wildman–Crippen MR) is 102 cm³/mol. The molecule has 0 spiro atoms. The number of hydrogen-bond acceptors (Lipinski definition) is 6. The number of benzene rings is 2. The Bertz CT molecular complexity index is 1000. The van der Waals surface area contributed by atoms with Crippen molar-refractivity contribution in [2.45, 2.75) is 6.92 Å². The molecule has 0 bridgehead atoms. The SMILES string of the molecule is COC(=O)c1sc(=Nc2ccc(N=Nc3ccccc3)cc2)n(C)c1C. The zero-order chi connectivity index (χ0) is 18.5. The molecule has 0 N–H and O–H groups in total. The molecule has 0 saturated carbocycles. The van der Waals surface area contributed by atoms with Gasteiger partial charge in [-0.3, -0.25) is 0 Å². The van der Waals surface area contributed by atoms with Crippen molar-refractivity contribution < 1.29 is 9.53 Å². The monoisotopic (exact) mass is 366 g/mol. The van der Waals surface area contributed by atoms with Crippen molar-refractivity contribution in [3.05, 3.63) is 70.0 Å². The van der Waals surface area contributed by atoms with Crippen LogP contribution >= 0.6 is 11.3 Å². The van der Waals surface area contributed by atoms with Crippen LogP contribution in [0.2, 0.25) is 0 Å². The van der Waals surface area contributed by atoms with Gasteiger partial charge in [0.05, 0.1) is 24.2 Å². The van der Waals surface area contributed by atoms with E-state index in [4.69, 9.17) is 4.74 Å². The van der Waals surface area contributed by atoms with Crippen LogP contribution in [0.25, 0.3) is 0 Å². The molecule has 0 unspecified atom stereocenters. The number of thiazole rings is 1. The number of azo groups is 1. The number of ether oxygens (including phenoxy) is 1. The number of nitrogens with zero attached hydrogens (tertiary/aromatic N) is 4. The van der Waals surface area contributed by atoms with Crippen molar-refractivity contribution in [3.63, 3.8) is 0 Å². The fourth-order valence-corrected chi connectivity index (χ4v) is 3.28. The molecule has 2 aromatic carbocycles. The van der Waals surface area contributed by atoms with E-state index in [0.29, 0.717) is 4.88 Å². The van der Waals surface area contributed by atoms with Gasteiger partial charge in [0.1, 0.15) is 4.88 Å². The molecule has 0 amide bonds. The highest BCUT2D eigenvalue weighted by atomic mass is 32.1. The molecule has 3 rings (SSSR count). The summed E-state index contributed by atoms with van der Waals surface area (Å²) in [4.78, 5) is 17.7. The van der Waals surface area contributed by atoms with Crippen LogP contribution in [0, 0.1) is 6.92 Å². The highest BCUT2D eigenvalue weighted by Crippen LogP contribution is 2.21. The van der Waals surface area contributed by atoms with Crippen molar-refractivity contribution in [2.75, 3.05) is 7.11 Å². The van der Waals surface area contributed by atoms with Crippen LogP contribution in [0.5, 0.6) is 0 Å². The molecule has 6 nitrogen and oxygen atoms in total. The van der Waals surface area contributed by atoms with E-state index in [1.54, 1.807) is 0 Å². The average Bonchev–Trinajstić information content (AvgIpc) is 2.96. The van der Waals surface area contributed by atoms with Gasteiger partial charge in [-0.05, 0) is 43.3 Å². The molecule has 0 radical (unpaired) electrons. The number of esters is 1. The standard InChI is InChI=1S/C19H18N4O2S/c1-13-17(18(24)25-3)26-19(23(13)2)20-14-9-11-16(12-10-14)22-21-15-7-5-4-6-8-15/h4-12H,1-3H3. The summed E-state index contributed by atoms with van der Waals surface area (Å²) in [5, 5.41) is 8.40. The molecule has 7 heteroatoms. The Morgan fingerprint density at radius 3 is 2.15 bits per heavy atom. The minimum atomic E-state index is -0.346. The third-order valence-electron chi connectivity index (χ3n) is 3.79. The molecular formula is C19H18N4O2S. The minimum Gasteiger partial charge on any atom is -0.465 e. The topological polar surface area (TPSA) is 68.3 Å². The van der Waals surface area contributed by atoms with Gasteiger partial charge in [-0.2, -0.15) is 10.2 Å². The van der Waals surface area contributed by atoms with Crippen LogP contribution in [-0.2, 0) is 11.8 Å². The van der Waals surface area contributed by atoms with Crippen molar-refractivity contribution in [3.8, 4) is 0 Å². The second-order valence-corrected chi connectivity index (χ2v) is 6.49. The van der Waals surface area contributed by atoms with Gasteiger partial charge in [0.15, 0.2) is 4.80 Å². The summed E-state index contributed by atoms with van der Waals surface area (Å²) in [5.74, 6) is -0.346. The van der Waals surface area contributed by atoms with Gasteiger partial charge in [0.2, 0.25) is 0 Å². The van der Waals surface area contributed by atoms with E-state index in [1.165, 1.54) is 18.4 Å². The quantitative estimate of drug-likeness (QED) is 0.490. The number of aromatic nitrogens is 1. The number of carbonyl (C=O) groups is 1. The number of methoxy groups -OCH3 is 1. The Kier molecular flexibility index (Phi) is 5.38. The number of rotatable bonds is 4. The lowest BCUT2D eigenvalue weighted by Crippen LogP contribution is -2.11. The van der Waals surface area contributed by atoms with Gasteiger partial charge in [0, 0.05) is 12.7 Å². The van der Waals surface area contributed by atoms with E-state index in [0.717, 1.165) is 27.6 Å². The van der Waals surface area contributed by atoms with Crippen LogP contribution in [0.15, 0.2) is 69.8 Å². The van der Waals surface area contributed by atoms with Crippen molar-refractivity contribution in [1.82, 2.24) is 4.57 Å². The van der Waals surface area contributed by atoms with E-state index >= 15 is 0 Å². The minimum absolute atomic E-state index is 0.346. The van der Waals surface area contributed by atoms with Crippen LogP contribution in [-0.4, -0.2) is 17.6 Å². The fraction of sp³-hybridized carbons (Fsp3) is 0.158.